The van der Waals surface area contributed by atoms with Crippen LogP contribution < -0.4 is 4.74 Å². The average Bonchev–Trinajstić information content (AvgIpc) is 2.12. The lowest BCUT2D eigenvalue weighted by molar-refractivity contribution is -0.275. The van der Waals surface area contributed by atoms with E-state index in [-0.39, 0.29) is 12.4 Å². The van der Waals surface area contributed by atoms with Crippen molar-refractivity contribution in [3.63, 3.8) is 0 Å². The molecule has 0 bridgehead atoms. The summed E-state index contributed by atoms with van der Waals surface area (Å²) >= 11 is 0. The van der Waals surface area contributed by atoms with Gasteiger partial charge in [0, 0.05) is 6.07 Å². The summed E-state index contributed by atoms with van der Waals surface area (Å²) in [6, 6.07) is 0.0297. The molecule has 1 rings (SSSR count). The van der Waals surface area contributed by atoms with Crippen LogP contribution in [0.5, 0.6) is 5.75 Å². The molecule has 0 unspecified atom stereocenters. The van der Waals surface area contributed by atoms with E-state index < -0.39 is 35.7 Å². The van der Waals surface area contributed by atoms with Crippen LogP contribution in [0.15, 0.2) is 6.07 Å². The number of aldehydes is 1. The zero-order valence-corrected chi connectivity index (χ0v) is 7.76. The van der Waals surface area contributed by atoms with Gasteiger partial charge in [-0.2, -0.15) is 4.39 Å². The van der Waals surface area contributed by atoms with Crippen LogP contribution in [0.3, 0.4) is 0 Å². The summed E-state index contributed by atoms with van der Waals surface area (Å²) in [4.78, 5) is 13.0. The highest BCUT2D eigenvalue weighted by atomic mass is 19.4. The van der Waals surface area contributed by atoms with Gasteiger partial charge in [-0.25, -0.2) is 13.8 Å². The van der Waals surface area contributed by atoms with Gasteiger partial charge in [0.15, 0.2) is 6.29 Å². The highest BCUT2D eigenvalue weighted by Gasteiger charge is 2.34. The monoisotopic (exact) mass is 259 g/mol. The van der Waals surface area contributed by atoms with Gasteiger partial charge in [-0.1, -0.05) is 0 Å². The standard InChI is InChI=1S/C8H3F6NO2/c9-5-1-4(17-8(12,13)14)6(7(10)11)3(2-16)15-5/h1-2,7H. The zero-order chi connectivity index (χ0) is 13.2. The van der Waals surface area contributed by atoms with Crippen molar-refractivity contribution in [3.05, 3.63) is 23.3 Å². The first-order chi connectivity index (χ1) is 7.74. The van der Waals surface area contributed by atoms with Gasteiger partial charge in [-0.05, 0) is 0 Å². The molecule has 1 aromatic heterocycles. The number of carbonyl (C=O) groups excluding carboxylic acids is 1. The summed E-state index contributed by atoms with van der Waals surface area (Å²) in [5, 5.41) is 0. The second-order valence-corrected chi connectivity index (χ2v) is 2.71. The second-order valence-electron chi connectivity index (χ2n) is 2.71. The molecule has 0 aliphatic heterocycles. The van der Waals surface area contributed by atoms with E-state index >= 15 is 0 Å². The van der Waals surface area contributed by atoms with Gasteiger partial charge in [-0.3, -0.25) is 4.79 Å². The van der Waals surface area contributed by atoms with Crippen molar-refractivity contribution in [2.75, 3.05) is 0 Å². The molecule has 9 heteroatoms. The van der Waals surface area contributed by atoms with E-state index in [1.807, 2.05) is 0 Å². The van der Waals surface area contributed by atoms with E-state index in [0.717, 1.165) is 0 Å². The van der Waals surface area contributed by atoms with Crippen LogP contribution in [0.2, 0.25) is 0 Å². The van der Waals surface area contributed by atoms with E-state index in [1.165, 1.54) is 0 Å². The highest BCUT2D eigenvalue weighted by molar-refractivity contribution is 5.75. The van der Waals surface area contributed by atoms with Crippen molar-refractivity contribution in [2.45, 2.75) is 12.8 Å². The Bertz CT molecular complexity index is 431. The number of aromatic nitrogens is 1. The van der Waals surface area contributed by atoms with Gasteiger partial charge in [0.25, 0.3) is 6.43 Å². The molecule has 0 saturated heterocycles. The summed E-state index contributed by atoms with van der Waals surface area (Å²) in [5.74, 6) is -3.02. The Balaban J connectivity index is 3.35. The minimum absolute atomic E-state index is 0.0297. The summed E-state index contributed by atoms with van der Waals surface area (Å²) in [5.41, 5.74) is -2.54. The third-order valence-electron chi connectivity index (χ3n) is 1.57. The Kier molecular flexibility index (Phi) is 3.59. The van der Waals surface area contributed by atoms with Gasteiger partial charge in [0.2, 0.25) is 5.95 Å². The van der Waals surface area contributed by atoms with Gasteiger partial charge < -0.3 is 4.74 Å². The van der Waals surface area contributed by atoms with Gasteiger partial charge >= 0.3 is 6.36 Å². The maximum atomic E-state index is 12.7. The van der Waals surface area contributed by atoms with Crippen LogP contribution in [0.4, 0.5) is 26.3 Å². The number of nitrogens with zero attached hydrogens (tertiary/aromatic N) is 1. The lowest BCUT2D eigenvalue weighted by Gasteiger charge is -2.13. The summed E-state index contributed by atoms with van der Waals surface area (Å²) in [7, 11) is 0. The van der Waals surface area contributed by atoms with Crippen LogP contribution >= 0.6 is 0 Å². The third kappa shape index (κ3) is 3.33. The SMILES string of the molecule is O=Cc1nc(F)cc(OC(F)(F)F)c1C(F)F. The molecule has 94 valence electrons. The van der Waals surface area contributed by atoms with Crippen LogP contribution in [-0.2, 0) is 0 Å². The van der Waals surface area contributed by atoms with Crippen LogP contribution in [0.1, 0.15) is 22.5 Å². The van der Waals surface area contributed by atoms with Crippen molar-refractivity contribution in [3.8, 4) is 5.75 Å². The Morgan fingerprint density at radius 2 is 1.94 bits per heavy atom. The Morgan fingerprint density at radius 1 is 1.35 bits per heavy atom. The number of alkyl halides is 5. The molecule has 0 atom stereocenters. The minimum Gasteiger partial charge on any atom is -0.405 e. The molecular weight excluding hydrogens is 256 g/mol. The van der Waals surface area contributed by atoms with Crippen LogP contribution in [-0.4, -0.2) is 17.6 Å². The molecule has 0 N–H and O–H groups in total. The Hall–Kier alpha value is -1.80. The predicted molar refractivity (Wildman–Crippen MR) is 41.2 cm³/mol. The molecule has 0 amide bonds. The molecule has 0 fully saturated rings. The van der Waals surface area contributed by atoms with Crippen molar-refractivity contribution in [2.24, 2.45) is 0 Å². The maximum Gasteiger partial charge on any atom is 0.573 e. The average molecular weight is 259 g/mol. The topological polar surface area (TPSA) is 39.2 Å². The van der Waals surface area contributed by atoms with Gasteiger partial charge in [0.1, 0.15) is 11.4 Å². The minimum atomic E-state index is -5.28. The number of hydrogen-bond donors (Lipinski definition) is 0. The van der Waals surface area contributed by atoms with E-state index in [0.29, 0.717) is 0 Å². The van der Waals surface area contributed by atoms with Gasteiger partial charge in [-0.15, -0.1) is 13.2 Å². The number of rotatable bonds is 3. The van der Waals surface area contributed by atoms with E-state index in [2.05, 4.69) is 9.72 Å². The number of halogens is 6. The lowest BCUT2D eigenvalue weighted by atomic mass is 10.2. The van der Waals surface area contributed by atoms with Crippen LogP contribution in [0.25, 0.3) is 0 Å². The van der Waals surface area contributed by atoms with Crippen molar-refractivity contribution in [1.29, 1.82) is 0 Å². The fraction of sp³-hybridized carbons (Fsp3) is 0.250. The molecule has 0 aliphatic rings. The molecule has 0 radical (unpaired) electrons. The quantitative estimate of drug-likeness (QED) is 0.476. The molecular formula is C8H3F6NO2. The normalized spacial score (nSPS) is 11.7. The van der Waals surface area contributed by atoms with Crippen molar-refractivity contribution < 1.29 is 35.9 Å². The lowest BCUT2D eigenvalue weighted by Crippen LogP contribution is -2.19. The largest absolute Gasteiger partial charge is 0.573 e. The summed E-state index contributed by atoms with van der Waals surface area (Å²) < 4.78 is 76.3. The molecule has 0 aliphatic carbocycles. The van der Waals surface area contributed by atoms with Crippen molar-refractivity contribution in [1.82, 2.24) is 4.98 Å². The Morgan fingerprint density at radius 3 is 2.35 bits per heavy atom. The molecule has 1 heterocycles. The first-order valence-corrected chi connectivity index (χ1v) is 3.94. The Labute approximate surface area is 90.0 Å². The second kappa shape index (κ2) is 4.60. The fourth-order valence-electron chi connectivity index (χ4n) is 1.04. The molecule has 1 aromatic rings. The summed E-state index contributed by atoms with van der Waals surface area (Å²) in [6.45, 7) is 0. The first-order valence-electron chi connectivity index (χ1n) is 3.94. The summed E-state index contributed by atoms with van der Waals surface area (Å²) in [6.07, 6.45) is -9.02. The van der Waals surface area contributed by atoms with Crippen LogP contribution in [0, 0.1) is 5.95 Å². The van der Waals surface area contributed by atoms with Gasteiger partial charge in [0.05, 0.1) is 5.56 Å². The fourth-order valence-corrected chi connectivity index (χ4v) is 1.04. The van der Waals surface area contributed by atoms with Crippen molar-refractivity contribution >= 4 is 6.29 Å². The smallest absolute Gasteiger partial charge is 0.405 e. The highest BCUT2D eigenvalue weighted by Crippen LogP contribution is 2.34. The first kappa shape index (κ1) is 13.3. The maximum absolute atomic E-state index is 12.7. The third-order valence-corrected chi connectivity index (χ3v) is 1.57. The van der Waals surface area contributed by atoms with E-state index in [9.17, 15) is 31.1 Å². The molecule has 3 nitrogen and oxygen atoms in total. The number of ether oxygens (including phenoxy) is 1. The predicted octanol–water partition coefficient (Wildman–Crippen LogP) is 2.87. The number of pyridine rings is 1. The molecule has 0 saturated carbocycles. The number of hydrogen-bond acceptors (Lipinski definition) is 3. The molecule has 17 heavy (non-hydrogen) atoms. The van der Waals surface area contributed by atoms with E-state index in [1.54, 1.807) is 0 Å². The molecule has 0 spiro atoms. The van der Waals surface area contributed by atoms with E-state index in [4.69, 9.17) is 0 Å². The zero-order valence-electron chi connectivity index (χ0n) is 7.76. The molecule has 0 aromatic carbocycles. The number of carbonyl (C=O) groups is 1.